The van der Waals surface area contributed by atoms with Crippen molar-refractivity contribution in [2.75, 3.05) is 6.54 Å². The SMILES string of the molecule is C=C(CC)CNCc1ccccc1F. The quantitative estimate of drug-likeness (QED) is 0.709. The first-order valence-electron chi connectivity index (χ1n) is 4.84. The molecule has 0 aromatic heterocycles. The van der Waals surface area contributed by atoms with Crippen LogP contribution in [0.15, 0.2) is 36.4 Å². The zero-order chi connectivity index (χ0) is 10.4. The molecule has 0 atom stereocenters. The third kappa shape index (κ3) is 3.30. The van der Waals surface area contributed by atoms with Gasteiger partial charge in [-0.25, -0.2) is 4.39 Å². The van der Waals surface area contributed by atoms with Crippen molar-refractivity contribution >= 4 is 0 Å². The Morgan fingerprint density at radius 1 is 1.43 bits per heavy atom. The van der Waals surface area contributed by atoms with Crippen LogP contribution in [0, 0.1) is 5.82 Å². The van der Waals surface area contributed by atoms with E-state index in [2.05, 4.69) is 18.8 Å². The maximum Gasteiger partial charge on any atom is 0.127 e. The second-order valence-corrected chi connectivity index (χ2v) is 3.30. The monoisotopic (exact) mass is 193 g/mol. The molecule has 1 rings (SSSR count). The van der Waals surface area contributed by atoms with Gasteiger partial charge in [0.2, 0.25) is 0 Å². The van der Waals surface area contributed by atoms with E-state index in [0.717, 1.165) is 18.5 Å². The lowest BCUT2D eigenvalue weighted by molar-refractivity contribution is 0.594. The molecule has 0 radical (unpaired) electrons. The summed E-state index contributed by atoms with van der Waals surface area (Å²) in [4.78, 5) is 0. The van der Waals surface area contributed by atoms with Crippen LogP contribution in [0.3, 0.4) is 0 Å². The molecule has 1 aromatic carbocycles. The summed E-state index contributed by atoms with van der Waals surface area (Å²) in [5.41, 5.74) is 1.85. The van der Waals surface area contributed by atoms with E-state index in [-0.39, 0.29) is 5.82 Å². The molecule has 1 aromatic rings. The Bertz CT molecular complexity index is 307. The molecule has 0 aliphatic carbocycles. The van der Waals surface area contributed by atoms with Crippen molar-refractivity contribution in [3.63, 3.8) is 0 Å². The number of hydrogen-bond acceptors (Lipinski definition) is 1. The number of rotatable bonds is 5. The van der Waals surface area contributed by atoms with Crippen molar-refractivity contribution in [1.29, 1.82) is 0 Å². The second kappa shape index (κ2) is 5.55. The van der Waals surface area contributed by atoms with Crippen LogP contribution in [0.5, 0.6) is 0 Å². The highest BCUT2D eigenvalue weighted by molar-refractivity contribution is 5.17. The van der Waals surface area contributed by atoms with Gasteiger partial charge in [-0.3, -0.25) is 0 Å². The molecule has 0 spiro atoms. The molecule has 0 heterocycles. The Morgan fingerprint density at radius 2 is 2.14 bits per heavy atom. The number of benzene rings is 1. The summed E-state index contributed by atoms with van der Waals surface area (Å²) in [6, 6.07) is 6.81. The van der Waals surface area contributed by atoms with Crippen LogP contribution in [0.4, 0.5) is 4.39 Å². The summed E-state index contributed by atoms with van der Waals surface area (Å²) in [7, 11) is 0. The maximum atomic E-state index is 13.1. The van der Waals surface area contributed by atoms with E-state index in [1.54, 1.807) is 12.1 Å². The van der Waals surface area contributed by atoms with Crippen molar-refractivity contribution in [3.05, 3.63) is 47.8 Å². The molecule has 1 nitrogen and oxygen atoms in total. The lowest BCUT2D eigenvalue weighted by atomic mass is 10.2. The molecule has 0 unspecified atom stereocenters. The van der Waals surface area contributed by atoms with Gasteiger partial charge < -0.3 is 5.32 Å². The minimum absolute atomic E-state index is 0.151. The number of halogens is 1. The predicted octanol–water partition coefficient (Wildman–Crippen LogP) is 2.88. The first kappa shape index (κ1) is 10.9. The van der Waals surface area contributed by atoms with Gasteiger partial charge in [0.05, 0.1) is 0 Å². The van der Waals surface area contributed by atoms with Gasteiger partial charge in [0.1, 0.15) is 5.82 Å². The molecule has 0 aliphatic heterocycles. The summed E-state index contributed by atoms with van der Waals surface area (Å²) in [6.07, 6.45) is 0.963. The lowest BCUT2D eigenvalue weighted by Gasteiger charge is -2.06. The molecule has 1 N–H and O–H groups in total. The zero-order valence-corrected chi connectivity index (χ0v) is 8.52. The molecule has 76 valence electrons. The fourth-order valence-corrected chi connectivity index (χ4v) is 1.14. The van der Waals surface area contributed by atoms with E-state index in [9.17, 15) is 4.39 Å². The molecular formula is C12H16FN. The standard InChI is InChI=1S/C12H16FN/c1-3-10(2)8-14-9-11-6-4-5-7-12(11)13/h4-7,14H,2-3,8-9H2,1H3. The zero-order valence-electron chi connectivity index (χ0n) is 8.52. The predicted molar refractivity (Wildman–Crippen MR) is 57.5 cm³/mol. The van der Waals surface area contributed by atoms with Gasteiger partial charge in [-0.1, -0.05) is 37.3 Å². The minimum Gasteiger partial charge on any atom is -0.309 e. The summed E-state index contributed by atoms with van der Waals surface area (Å²) in [6.45, 7) is 7.25. The third-order valence-corrected chi connectivity index (χ3v) is 2.15. The largest absolute Gasteiger partial charge is 0.309 e. The van der Waals surface area contributed by atoms with Crippen LogP contribution in [0.2, 0.25) is 0 Å². The average molecular weight is 193 g/mol. The molecule has 0 saturated heterocycles. The Kier molecular flexibility index (Phi) is 4.33. The Labute approximate surface area is 84.6 Å². The van der Waals surface area contributed by atoms with E-state index in [1.807, 2.05) is 6.07 Å². The minimum atomic E-state index is -0.151. The maximum absolute atomic E-state index is 13.1. The van der Waals surface area contributed by atoms with Gasteiger partial charge in [-0.2, -0.15) is 0 Å². The smallest absolute Gasteiger partial charge is 0.127 e. The summed E-state index contributed by atoms with van der Waals surface area (Å²) in [5.74, 6) is -0.151. The molecule has 2 heteroatoms. The lowest BCUT2D eigenvalue weighted by Crippen LogP contribution is -2.16. The highest BCUT2D eigenvalue weighted by Gasteiger charge is 1.99. The Hall–Kier alpha value is -1.15. The normalized spacial score (nSPS) is 10.1. The second-order valence-electron chi connectivity index (χ2n) is 3.30. The van der Waals surface area contributed by atoms with Gasteiger partial charge in [0.15, 0.2) is 0 Å². The van der Waals surface area contributed by atoms with Crippen molar-refractivity contribution in [3.8, 4) is 0 Å². The van der Waals surface area contributed by atoms with Crippen LogP contribution in [0.1, 0.15) is 18.9 Å². The van der Waals surface area contributed by atoms with Crippen molar-refractivity contribution in [2.45, 2.75) is 19.9 Å². The van der Waals surface area contributed by atoms with E-state index in [4.69, 9.17) is 0 Å². The van der Waals surface area contributed by atoms with Gasteiger partial charge in [0, 0.05) is 18.7 Å². The van der Waals surface area contributed by atoms with E-state index in [1.165, 1.54) is 6.07 Å². The highest BCUT2D eigenvalue weighted by Crippen LogP contribution is 2.05. The van der Waals surface area contributed by atoms with Gasteiger partial charge >= 0.3 is 0 Å². The first-order chi connectivity index (χ1) is 6.74. The van der Waals surface area contributed by atoms with Crippen LogP contribution < -0.4 is 5.32 Å². The van der Waals surface area contributed by atoms with E-state index >= 15 is 0 Å². The molecule has 14 heavy (non-hydrogen) atoms. The number of nitrogens with one attached hydrogen (secondary N) is 1. The van der Waals surface area contributed by atoms with Crippen molar-refractivity contribution in [2.24, 2.45) is 0 Å². The average Bonchev–Trinajstić information content (AvgIpc) is 2.20. The summed E-state index contributed by atoms with van der Waals surface area (Å²) >= 11 is 0. The molecule has 0 amide bonds. The van der Waals surface area contributed by atoms with Crippen LogP contribution >= 0.6 is 0 Å². The molecule has 0 aliphatic rings. The van der Waals surface area contributed by atoms with E-state index in [0.29, 0.717) is 12.1 Å². The van der Waals surface area contributed by atoms with Crippen LogP contribution in [-0.4, -0.2) is 6.54 Å². The summed E-state index contributed by atoms with van der Waals surface area (Å²) < 4.78 is 13.1. The first-order valence-corrected chi connectivity index (χ1v) is 4.84. The van der Waals surface area contributed by atoms with Crippen LogP contribution in [-0.2, 0) is 6.54 Å². The Balaban J connectivity index is 2.39. The number of hydrogen-bond donors (Lipinski definition) is 1. The van der Waals surface area contributed by atoms with Crippen molar-refractivity contribution in [1.82, 2.24) is 5.32 Å². The highest BCUT2D eigenvalue weighted by atomic mass is 19.1. The van der Waals surface area contributed by atoms with Crippen molar-refractivity contribution < 1.29 is 4.39 Å². The Morgan fingerprint density at radius 3 is 2.79 bits per heavy atom. The molecule has 0 saturated carbocycles. The molecular weight excluding hydrogens is 177 g/mol. The molecule has 0 bridgehead atoms. The van der Waals surface area contributed by atoms with Crippen LogP contribution in [0.25, 0.3) is 0 Å². The van der Waals surface area contributed by atoms with Gasteiger partial charge in [-0.15, -0.1) is 0 Å². The van der Waals surface area contributed by atoms with E-state index < -0.39 is 0 Å². The summed E-state index contributed by atoms with van der Waals surface area (Å²) in [5, 5.41) is 3.15. The fourth-order valence-electron chi connectivity index (χ4n) is 1.14. The third-order valence-electron chi connectivity index (χ3n) is 2.15. The van der Waals surface area contributed by atoms with Gasteiger partial charge in [0.25, 0.3) is 0 Å². The fraction of sp³-hybridized carbons (Fsp3) is 0.333. The van der Waals surface area contributed by atoms with Gasteiger partial charge in [-0.05, 0) is 12.5 Å². The topological polar surface area (TPSA) is 12.0 Å². The molecule has 0 fully saturated rings.